The van der Waals surface area contributed by atoms with Crippen LogP contribution in [0.5, 0.6) is 0 Å². The third-order valence-corrected chi connectivity index (χ3v) is 6.85. The van der Waals surface area contributed by atoms with Gasteiger partial charge >= 0.3 is 5.97 Å². The van der Waals surface area contributed by atoms with E-state index >= 15 is 0 Å². The predicted molar refractivity (Wildman–Crippen MR) is 137 cm³/mol. The lowest BCUT2D eigenvalue weighted by atomic mass is 9.91. The Kier molecular flexibility index (Phi) is 6.41. The number of aromatic nitrogens is 2. The molecule has 0 unspecified atom stereocenters. The van der Waals surface area contributed by atoms with Crippen molar-refractivity contribution in [1.82, 2.24) is 10.1 Å². The van der Waals surface area contributed by atoms with E-state index in [2.05, 4.69) is 34.7 Å². The zero-order valence-corrected chi connectivity index (χ0v) is 19.8. The Morgan fingerprint density at radius 1 is 0.971 bits per heavy atom. The molecule has 5 aromatic rings. The lowest BCUT2D eigenvalue weighted by Gasteiger charge is -2.13. The third kappa shape index (κ3) is 5.00. The number of nitrogens with one attached hydrogen (secondary N) is 1. The van der Waals surface area contributed by atoms with Crippen LogP contribution in [0.3, 0.4) is 0 Å². The fraction of sp³-hybridized carbons (Fsp3) is 0.107. The van der Waals surface area contributed by atoms with E-state index in [1.807, 2.05) is 67.6 Å². The van der Waals surface area contributed by atoms with Gasteiger partial charge in [0.2, 0.25) is 11.7 Å². The van der Waals surface area contributed by atoms with Crippen LogP contribution in [-0.4, -0.2) is 21.2 Å². The molecule has 0 fully saturated rings. The molecule has 0 aliphatic rings. The summed E-state index contributed by atoms with van der Waals surface area (Å²) in [6.07, 6.45) is 0. The van der Waals surface area contributed by atoms with E-state index in [4.69, 9.17) is 14.6 Å². The van der Waals surface area contributed by atoms with Crippen LogP contribution in [-0.2, 0) is 6.54 Å². The van der Waals surface area contributed by atoms with Crippen LogP contribution in [0.4, 0.5) is 5.69 Å². The number of aryl methyl sites for hydroxylation is 1. The Labute approximate surface area is 206 Å². The van der Waals surface area contributed by atoms with Gasteiger partial charge in [0.25, 0.3) is 0 Å². The summed E-state index contributed by atoms with van der Waals surface area (Å²) < 4.78 is 5.78. The number of thiophene rings is 1. The molecule has 0 aliphatic carbocycles. The van der Waals surface area contributed by atoms with Crippen LogP contribution in [0.2, 0.25) is 0 Å². The van der Waals surface area contributed by atoms with E-state index in [1.165, 1.54) is 11.3 Å². The minimum atomic E-state index is -0.906. The standard InChI is InChI=1S/C28H23N3O3S/c1-18-12-13-21(16-23(18)29-17-22-14-15-24(35-22)28(32)33)26-30-27(34-31-26)25(19-8-4-2-5-9-19)20-10-6-3-7-11-20/h2-16,25,29H,17H2,1H3,(H,32,33). The number of anilines is 1. The van der Waals surface area contributed by atoms with Crippen LogP contribution < -0.4 is 5.32 Å². The van der Waals surface area contributed by atoms with Gasteiger partial charge in [-0.2, -0.15) is 4.98 Å². The van der Waals surface area contributed by atoms with E-state index in [1.54, 1.807) is 6.07 Å². The molecule has 0 saturated carbocycles. The molecule has 3 aromatic carbocycles. The number of aromatic carboxylic acids is 1. The van der Waals surface area contributed by atoms with Crippen molar-refractivity contribution in [2.24, 2.45) is 0 Å². The van der Waals surface area contributed by atoms with Gasteiger partial charge in [-0.3, -0.25) is 0 Å². The summed E-state index contributed by atoms with van der Waals surface area (Å²) in [6.45, 7) is 2.55. The van der Waals surface area contributed by atoms with E-state index < -0.39 is 5.97 Å². The second kappa shape index (κ2) is 9.95. The van der Waals surface area contributed by atoms with Gasteiger partial charge < -0.3 is 14.9 Å². The van der Waals surface area contributed by atoms with Gasteiger partial charge in [0.1, 0.15) is 4.88 Å². The Balaban J connectivity index is 1.42. The average molecular weight is 482 g/mol. The maximum absolute atomic E-state index is 11.1. The van der Waals surface area contributed by atoms with Gasteiger partial charge in [-0.1, -0.05) is 78.0 Å². The maximum atomic E-state index is 11.1. The average Bonchev–Trinajstić information content (AvgIpc) is 3.56. The highest BCUT2D eigenvalue weighted by Crippen LogP contribution is 2.32. The third-order valence-electron chi connectivity index (χ3n) is 5.78. The molecular weight excluding hydrogens is 458 g/mol. The topological polar surface area (TPSA) is 88.3 Å². The molecule has 0 atom stereocenters. The predicted octanol–water partition coefficient (Wildman–Crippen LogP) is 6.60. The molecule has 0 bridgehead atoms. The van der Waals surface area contributed by atoms with E-state index in [0.717, 1.165) is 32.8 Å². The van der Waals surface area contributed by atoms with Crippen LogP contribution in [0, 0.1) is 6.92 Å². The minimum Gasteiger partial charge on any atom is -0.477 e. The van der Waals surface area contributed by atoms with E-state index in [-0.39, 0.29) is 5.92 Å². The van der Waals surface area contributed by atoms with Crippen molar-refractivity contribution >= 4 is 23.0 Å². The first-order chi connectivity index (χ1) is 17.1. The van der Waals surface area contributed by atoms with Crippen molar-refractivity contribution in [1.29, 1.82) is 0 Å². The van der Waals surface area contributed by atoms with Crippen LogP contribution >= 0.6 is 11.3 Å². The monoisotopic (exact) mass is 481 g/mol. The Morgan fingerprint density at radius 2 is 1.66 bits per heavy atom. The summed E-state index contributed by atoms with van der Waals surface area (Å²) in [6, 6.07) is 29.7. The zero-order chi connectivity index (χ0) is 24.2. The summed E-state index contributed by atoms with van der Waals surface area (Å²) in [5, 5.41) is 16.8. The van der Waals surface area contributed by atoms with E-state index in [0.29, 0.717) is 23.1 Å². The first kappa shape index (κ1) is 22.6. The molecule has 2 heterocycles. The SMILES string of the molecule is Cc1ccc(-c2noc(C(c3ccccc3)c3ccccc3)n2)cc1NCc1ccc(C(=O)O)s1. The van der Waals surface area contributed by atoms with Crippen LogP contribution in [0.25, 0.3) is 11.4 Å². The Hall–Kier alpha value is -4.23. The molecule has 2 N–H and O–H groups in total. The maximum Gasteiger partial charge on any atom is 0.345 e. The molecule has 35 heavy (non-hydrogen) atoms. The lowest BCUT2D eigenvalue weighted by Crippen LogP contribution is -2.03. The molecule has 0 radical (unpaired) electrons. The molecule has 0 aliphatic heterocycles. The number of hydrogen-bond acceptors (Lipinski definition) is 6. The highest BCUT2D eigenvalue weighted by atomic mass is 32.1. The van der Waals surface area contributed by atoms with Crippen molar-refractivity contribution in [2.75, 3.05) is 5.32 Å². The molecule has 0 saturated heterocycles. The number of hydrogen-bond donors (Lipinski definition) is 2. The van der Waals surface area contributed by atoms with E-state index in [9.17, 15) is 4.79 Å². The van der Waals surface area contributed by atoms with Gasteiger partial charge in [-0.05, 0) is 41.8 Å². The molecular formula is C28H23N3O3S. The molecule has 6 nitrogen and oxygen atoms in total. The van der Waals surface area contributed by atoms with Gasteiger partial charge in [0.05, 0.1) is 5.92 Å². The number of carbonyl (C=O) groups is 1. The highest BCUT2D eigenvalue weighted by Gasteiger charge is 2.23. The Morgan fingerprint density at radius 3 is 2.29 bits per heavy atom. The van der Waals surface area contributed by atoms with Gasteiger partial charge in [0, 0.05) is 22.7 Å². The fourth-order valence-corrected chi connectivity index (χ4v) is 4.75. The number of nitrogens with zero attached hydrogens (tertiary/aromatic N) is 2. The van der Waals surface area contributed by atoms with Gasteiger partial charge in [0.15, 0.2) is 0 Å². The minimum absolute atomic E-state index is 0.163. The van der Waals surface area contributed by atoms with Crippen LogP contribution in [0.15, 0.2) is 95.5 Å². The summed E-state index contributed by atoms with van der Waals surface area (Å²) in [5.41, 5.74) is 5.00. The normalized spacial score (nSPS) is 11.0. The number of carboxylic acid groups (broad SMARTS) is 1. The molecule has 5 rings (SSSR count). The first-order valence-electron chi connectivity index (χ1n) is 11.2. The number of carboxylic acids is 1. The van der Waals surface area contributed by atoms with Crippen molar-refractivity contribution in [3.63, 3.8) is 0 Å². The fourth-order valence-electron chi connectivity index (χ4n) is 3.96. The van der Waals surface area contributed by atoms with Gasteiger partial charge in [-0.25, -0.2) is 4.79 Å². The molecule has 174 valence electrons. The first-order valence-corrected chi connectivity index (χ1v) is 12.0. The smallest absolute Gasteiger partial charge is 0.345 e. The summed E-state index contributed by atoms with van der Waals surface area (Å²) in [7, 11) is 0. The number of rotatable bonds is 8. The quantitative estimate of drug-likeness (QED) is 0.260. The molecule has 2 aromatic heterocycles. The van der Waals surface area contributed by atoms with Crippen molar-refractivity contribution in [3.05, 3.63) is 123 Å². The van der Waals surface area contributed by atoms with Gasteiger partial charge in [-0.15, -0.1) is 11.3 Å². The van der Waals surface area contributed by atoms with Crippen molar-refractivity contribution in [3.8, 4) is 11.4 Å². The Bertz CT molecular complexity index is 1410. The second-order valence-electron chi connectivity index (χ2n) is 8.16. The molecule has 0 amide bonds. The van der Waals surface area contributed by atoms with Crippen LogP contribution in [0.1, 0.15) is 43.0 Å². The van der Waals surface area contributed by atoms with Crippen molar-refractivity contribution in [2.45, 2.75) is 19.4 Å². The summed E-state index contributed by atoms with van der Waals surface area (Å²) in [4.78, 5) is 17.2. The molecule has 0 spiro atoms. The molecule has 7 heteroatoms. The summed E-state index contributed by atoms with van der Waals surface area (Å²) >= 11 is 1.27. The van der Waals surface area contributed by atoms with Crippen molar-refractivity contribution < 1.29 is 14.4 Å². The zero-order valence-electron chi connectivity index (χ0n) is 19.0. The highest BCUT2D eigenvalue weighted by molar-refractivity contribution is 7.13. The number of benzene rings is 3. The largest absolute Gasteiger partial charge is 0.477 e. The second-order valence-corrected chi connectivity index (χ2v) is 9.33. The lowest BCUT2D eigenvalue weighted by molar-refractivity contribution is 0.0702. The summed E-state index contributed by atoms with van der Waals surface area (Å²) in [5.74, 6) is -0.0166.